The van der Waals surface area contributed by atoms with Crippen molar-refractivity contribution >= 4 is 45.1 Å². The van der Waals surface area contributed by atoms with Crippen molar-refractivity contribution in [2.45, 2.75) is 6.92 Å². The minimum atomic E-state index is -0.458. The van der Waals surface area contributed by atoms with E-state index in [1.165, 1.54) is 22.8 Å². The molecule has 0 bridgehead atoms. The standard InChI is InChI=1S/C18H16N4O3S/c1-12(17-9-14(11-26-17)22(24)25)20-21-18(23)10-19-16-8-4-6-13-5-2-3-7-15(13)16/h2-9,11,19H,10H2,1H3,(H,21,23)/b20-12+. The summed E-state index contributed by atoms with van der Waals surface area (Å²) < 4.78 is 0. The highest BCUT2D eigenvalue weighted by Gasteiger charge is 2.11. The van der Waals surface area contributed by atoms with Crippen LogP contribution < -0.4 is 10.7 Å². The van der Waals surface area contributed by atoms with Crippen LogP contribution in [0.4, 0.5) is 11.4 Å². The van der Waals surface area contributed by atoms with Gasteiger partial charge in [-0.2, -0.15) is 5.10 Å². The van der Waals surface area contributed by atoms with E-state index in [0.717, 1.165) is 16.5 Å². The zero-order valence-corrected chi connectivity index (χ0v) is 14.7. The molecule has 8 heteroatoms. The molecular weight excluding hydrogens is 352 g/mol. The van der Waals surface area contributed by atoms with Gasteiger partial charge in [0.05, 0.1) is 27.4 Å². The summed E-state index contributed by atoms with van der Waals surface area (Å²) in [5.41, 5.74) is 3.86. The van der Waals surface area contributed by atoms with Crippen molar-refractivity contribution in [3.63, 3.8) is 0 Å². The van der Waals surface area contributed by atoms with E-state index in [4.69, 9.17) is 0 Å². The largest absolute Gasteiger partial charge is 0.376 e. The lowest BCUT2D eigenvalue weighted by Gasteiger charge is -2.09. The number of hydrogen-bond acceptors (Lipinski definition) is 6. The Morgan fingerprint density at radius 3 is 2.77 bits per heavy atom. The van der Waals surface area contributed by atoms with Crippen molar-refractivity contribution in [3.8, 4) is 0 Å². The molecule has 1 aromatic heterocycles. The van der Waals surface area contributed by atoms with Crippen molar-refractivity contribution in [2.24, 2.45) is 5.10 Å². The number of benzene rings is 2. The van der Waals surface area contributed by atoms with Gasteiger partial charge in [0.25, 0.3) is 11.6 Å². The van der Waals surface area contributed by atoms with Gasteiger partial charge in [-0.05, 0) is 18.4 Å². The van der Waals surface area contributed by atoms with E-state index in [1.807, 2.05) is 42.5 Å². The second kappa shape index (κ2) is 7.75. The Bertz CT molecular complexity index is 992. The molecular formula is C18H16N4O3S. The van der Waals surface area contributed by atoms with Crippen LogP contribution in [-0.4, -0.2) is 23.1 Å². The van der Waals surface area contributed by atoms with Crippen molar-refractivity contribution in [2.75, 3.05) is 11.9 Å². The molecule has 0 radical (unpaired) electrons. The number of nitro groups is 1. The molecule has 1 heterocycles. The number of fused-ring (bicyclic) bond motifs is 1. The molecule has 3 rings (SSSR count). The smallest absolute Gasteiger partial charge is 0.280 e. The number of anilines is 1. The number of nitrogens with zero attached hydrogens (tertiary/aromatic N) is 2. The average Bonchev–Trinajstić information content (AvgIpc) is 3.15. The van der Waals surface area contributed by atoms with Crippen LogP contribution in [0.2, 0.25) is 0 Å². The van der Waals surface area contributed by atoms with E-state index < -0.39 is 4.92 Å². The van der Waals surface area contributed by atoms with Gasteiger partial charge in [-0.15, -0.1) is 11.3 Å². The first-order valence-electron chi connectivity index (χ1n) is 7.82. The first-order valence-corrected chi connectivity index (χ1v) is 8.70. The molecule has 0 saturated carbocycles. The molecule has 132 valence electrons. The Balaban J connectivity index is 1.60. The van der Waals surface area contributed by atoms with Crippen molar-refractivity contribution < 1.29 is 9.72 Å². The summed E-state index contributed by atoms with van der Waals surface area (Å²) in [7, 11) is 0. The Morgan fingerprint density at radius 2 is 2.00 bits per heavy atom. The zero-order chi connectivity index (χ0) is 18.5. The molecule has 0 spiro atoms. The molecule has 0 saturated heterocycles. The zero-order valence-electron chi connectivity index (χ0n) is 13.9. The van der Waals surface area contributed by atoms with Gasteiger partial charge in [0, 0.05) is 17.1 Å². The molecule has 26 heavy (non-hydrogen) atoms. The summed E-state index contributed by atoms with van der Waals surface area (Å²) in [4.78, 5) is 22.9. The van der Waals surface area contributed by atoms with E-state index in [0.29, 0.717) is 10.6 Å². The highest BCUT2D eigenvalue weighted by Crippen LogP contribution is 2.23. The summed E-state index contributed by atoms with van der Waals surface area (Å²) in [5, 5.41) is 21.4. The molecule has 0 aliphatic rings. The minimum absolute atomic E-state index is 0.0171. The van der Waals surface area contributed by atoms with Gasteiger partial charge in [-0.25, -0.2) is 5.43 Å². The molecule has 0 aliphatic heterocycles. The number of thiophene rings is 1. The van der Waals surface area contributed by atoms with E-state index in [1.54, 1.807) is 6.92 Å². The van der Waals surface area contributed by atoms with Gasteiger partial charge in [-0.1, -0.05) is 36.4 Å². The number of rotatable bonds is 6. The Hall–Kier alpha value is -3.26. The summed E-state index contributed by atoms with van der Waals surface area (Å²) in [6.45, 7) is 1.75. The van der Waals surface area contributed by atoms with E-state index in [-0.39, 0.29) is 18.1 Å². The van der Waals surface area contributed by atoms with Crippen molar-refractivity contribution in [1.82, 2.24) is 5.43 Å². The normalized spacial score (nSPS) is 11.3. The summed E-state index contributed by atoms with van der Waals surface area (Å²) in [6.07, 6.45) is 0. The molecule has 0 unspecified atom stereocenters. The van der Waals surface area contributed by atoms with Gasteiger partial charge < -0.3 is 5.32 Å². The fourth-order valence-corrected chi connectivity index (χ4v) is 3.21. The van der Waals surface area contributed by atoms with Crippen LogP contribution >= 0.6 is 11.3 Å². The monoisotopic (exact) mass is 368 g/mol. The third kappa shape index (κ3) is 4.04. The third-order valence-corrected chi connectivity index (χ3v) is 4.76. The maximum atomic E-state index is 12.0. The number of hydrazone groups is 1. The van der Waals surface area contributed by atoms with Crippen LogP contribution in [0.3, 0.4) is 0 Å². The SMILES string of the molecule is C/C(=N\NC(=O)CNc1cccc2ccccc12)c1cc([N+](=O)[O-])cs1. The Kier molecular flexibility index (Phi) is 5.23. The number of carbonyl (C=O) groups excluding carboxylic acids is 1. The first-order chi connectivity index (χ1) is 12.5. The molecule has 0 atom stereocenters. The molecule has 1 amide bonds. The van der Waals surface area contributed by atoms with Gasteiger partial charge in [-0.3, -0.25) is 14.9 Å². The molecule has 0 fully saturated rings. The lowest BCUT2D eigenvalue weighted by Crippen LogP contribution is -2.26. The summed E-state index contributed by atoms with van der Waals surface area (Å²) in [6, 6.07) is 15.2. The van der Waals surface area contributed by atoms with Crippen LogP contribution in [-0.2, 0) is 4.79 Å². The Morgan fingerprint density at radius 1 is 1.23 bits per heavy atom. The number of carbonyl (C=O) groups is 1. The molecule has 0 aliphatic carbocycles. The molecule has 3 aromatic rings. The highest BCUT2D eigenvalue weighted by atomic mass is 32.1. The van der Waals surface area contributed by atoms with Crippen LogP contribution in [0.25, 0.3) is 10.8 Å². The summed E-state index contributed by atoms with van der Waals surface area (Å²) in [5.74, 6) is -0.302. The number of nitrogens with one attached hydrogen (secondary N) is 2. The quantitative estimate of drug-likeness (QED) is 0.393. The van der Waals surface area contributed by atoms with Gasteiger partial charge >= 0.3 is 0 Å². The molecule has 7 nitrogen and oxygen atoms in total. The van der Waals surface area contributed by atoms with E-state index >= 15 is 0 Å². The van der Waals surface area contributed by atoms with E-state index in [9.17, 15) is 14.9 Å². The second-order valence-corrected chi connectivity index (χ2v) is 6.45. The van der Waals surface area contributed by atoms with E-state index in [2.05, 4.69) is 15.8 Å². The van der Waals surface area contributed by atoms with Crippen LogP contribution in [0, 0.1) is 10.1 Å². The minimum Gasteiger partial charge on any atom is -0.376 e. The third-order valence-electron chi connectivity index (χ3n) is 3.73. The topological polar surface area (TPSA) is 96.6 Å². The predicted octanol–water partition coefficient (Wildman–Crippen LogP) is 3.76. The predicted molar refractivity (Wildman–Crippen MR) is 104 cm³/mol. The van der Waals surface area contributed by atoms with Crippen LogP contribution in [0.5, 0.6) is 0 Å². The Labute approximate surface area is 153 Å². The van der Waals surface area contributed by atoms with Gasteiger partial charge in [0.2, 0.25) is 0 Å². The van der Waals surface area contributed by atoms with Crippen LogP contribution in [0.1, 0.15) is 11.8 Å². The first kappa shape index (κ1) is 17.6. The average molecular weight is 368 g/mol. The molecule has 2 aromatic carbocycles. The maximum absolute atomic E-state index is 12.0. The number of hydrogen-bond donors (Lipinski definition) is 2. The van der Waals surface area contributed by atoms with Crippen molar-refractivity contribution in [1.29, 1.82) is 0 Å². The highest BCUT2D eigenvalue weighted by molar-refractivity contribution is 7.12. The number of amides is 1. The maximum Gasteiger partial charge on any atom is 0.280 e. The van der Waals surface area contributed by atoms with Crippen LogP contribution in [0.15, 0.2) is 59.0 Å². The fourth-order valence-electron chi connectivity index (χ4n) is 2.41. The van der Waals surface area contributed by atoms with Gasteiger partial charge in [0.15, 0.2) is 0 Å². The molecule has 2 N–H and O–H groups in total. The lowest BCUT2D eigenvalue weighted by molar-refractivity contribution is -0.384. The van der Waals surface area contributed by atoms with Crippen molar-refractivity contribution in [3.05, 3.63) is 68.9 Å². The van der Waals surface area contributed by atoms with Gasteiger partial charge in [0.1, 0.15) is 0 Å². The fraction of sp³-hybridized carbons (Fsp3) is 0.111. The summed E-state index contributed by atoms with van der Waals surface area (Å²) >= 11 is 1.21. The lowest BCUT2D eigenvalue weighted by atomic mass is 10.1. The second-order valence-electron chi connectivity index (χ2n) is 5.54.